The fraction of sp³-hybridized carbons (Fsp3) is 0.364. The van der Waals surface area contributed by atoms with Gasteiger partial charge in [0.05, 0.1) is 11.5 Å². The number of unbranched alkanes of at least 4 members (excludes halogenated alkanes) is 1. The van der Waals surface area contributed by atoms with Gasteiger partial charge in [-0.1, -0.05) is 94.0 Å². The van der Waals surface area contributed by atoms with E-state index in [1.165, 1.54) is 51.8 Å². The molecule has 0 saturated carbocycles. The highest BCUT2D eigenvalue weighted by Gasteiger charge is 2.44. The molecule has 0 fully saturated rings. The topological polar surface area (TPSA) is 6.25 Å². The van der Waals surface area contributed by atoms with Crippen molar-refractivity contribution < 1.29 is 4.58 Å². The van der Waals surface area contributed by atoms with Crippen LogP contribution in [0.25, 0.3) is 10.8 Å². The van der Waals surface area contributed by atoms with E-state index in [2.05, 4.69) is 136 Å². The zero-order chi connectivity index (χ0) is 24.8. The maximum atomic E-state index is 2.64. The average Bonchev–Trinajstić information content (AvgIpc) is 3.19. The summed E-state index contributed by atoms with van der Waals surface area (Å²) in [5.74, 6) is 0. The highest BCUT2D eigenvalue weighted by atomic mass is 15.2. The van der Waals surface area contributed by atoms with Crippen molar-refractivity contribution in [3.63, 3.8) is 0 Å². The van der Waals surface area contributed by atoms with Crippen LogP contribution in [0.15, 0.2) is 85.0 Å². The molecule has 2 nitrogen and oxygen atoms in total. The Labute approximate surface area is 211 Å². The first-order valence-corrected chi connectivity index (χ1v) is 13.1. The molecule has 3 aromatic carbocycles. The molecule has 2 aliphatic rings. The Kier molecular flexibility index (Phi) is 5.95. The van der Waals surface area contributed by atoms with Crippen LogP contribution < -0.4 is 4.90 Å². The van der Waals surface area contributed by atoms with Crippen molar-refractivity contribution in [2.24, 2.45) is 0 Å². The SMILES string of the molecule is CCCCN1c2ccc3ccccc3c2C(C)(C)C1/C=C/C=C/C1=[N+](C)c2ccccc2C1(C)C. The van der Waals surface area contributed by atoms with Crippen molar-refractivity contribution in [3.8, 4) is 0 Å². The van der Waals surface area contributed by atoms with E-state index in [1.54, 1.807) is 0 Å². The van der Waals surface area contributed by atoms with E-state index >= 15 is 0 Å². The lowest BCUT2D eigenvalue weighted by atomic mass is 9.78. The van der Waals surface area contributed by atoms with Crippen LogP contribution in [0.3, 0.4) is 0 Å². The minimum atomic E-state index is 0.00459. The van der Waals surface area contributed by atoms with E-state index in [1.807, 2.05) is 0 Å². The van der Waals surface area contributed by atoms with Crippen LogP contribution in [0.5, 0.6) is 0 Å². The van der Waals surface area contributed by atoms with Crippen LogP contribution >= 0.6 is 0 Å². The van der Waals surface area contributed by atoms with Crippen LogP contribution in [0.4, 0.5) is 11.4 Å². The average molecular weight is 464 g/mol. The molecule has 1 unspecified atom stereocenters. The molecule has 0 spiro atoms. The summed E-state index contributed by atoms with van der Waals surface area (Å²) in [5.41, 5.74) is 6.98. The first-order chi connectivity index (χ1) is 16.8. The number of rotatable bonds is 6. The highest BCUT2D eigenvalue weighted by molar-refractivity contribution is 6.03. The van der Waals surface area contributed by atoms with Crippen LogP contribution in [0, 0.1) is 0 Å². The molecule has 0 radical (unpaired) electrons. The lowest BCUT2D eigenvalue weighted by Gasteiger charge is -2.32. The minimum Gasteiger partial charge on any atom is -0.364 e. The summed E-state index contributed by atoms with van der Waals surface area (Å²) >= 11 is 0. The molecule has 2 aliphatic heterocycles. The number of hydrogen-bond acceptors (Lipinski definition) is 1. The van der Waals surface area contributed by atoms with Crippen LogP contribution in [-0.4, -0.2) is 29.9 Å². The third-order valence-corrected chi connectivity index (χ3v) is 8.29. The van der Waals surface area contributed by atoms with Gasteiger partial charge in [0.25, 0.3) is 0 Å². The zero-order valence-corrected chi connectivity index (χ0v) is 22.2. The number of allylic oxidation sites excluding steroid dienone is 3. The van der Waals surface area contributed by atoms with Gasteiger partial charge in [0.15, 0.2) is 5.71 Å². The number of nitrogens with zero attached hydrogens (tertiary/aromatic N) is 2. The van der Waals surface area contributed by atoms with Gasteiger partial charge in [-0.15, -0.1) is 0 Å². The highest BCUT2D eigenvalue weighted by Crippen LogP contribution is 2.49. The van der Waals surface area contributed by atoms with E-state index < -0.39 is 0 Å². The van der Waals surface area contributed by atoms with Crippen molar-refractivity contribution in [1.82, 2.24) is 0 Å². The molecule has 35 heavy (non-hydrogen) atoms. The molecule has 1 atom stereocenters. The van der Waals surface area contributed by atoms with Gasteiger partial charge in [-0.25, -0.2) is 0 Å². The molecule has 5 rings (SSSR count). The van der Waals surface area contributed by atoms with Gasteiger partial charge in [-0.3, -0.25) is 0 Å². The van der Waals surface area contributed by atoms with E-state index in [9.17, 15) is 0 Å². The molecular formula is C33H39N2+. The van der Waals surface area contributed by atoms with Crippen LogP contribution in [0.1, 0.15) is 58.6 Å². The lowest BCUT2D eigenvalue weighted by molar-refractivity contribution is -0.401. The lowest BCUT2D eigenvalue weighted by Crippen LogP contribution is -2.40. The normalized spacial score (nSPS) is 20.4. The van der Waals surface area contributed by atoms with Crippen molar-refractivity contribution >= 4 is 27.9 Å². The summed E-state index contributed by atoms with van der Waals surface area (Å²) in [6.45, 7) is 12.9. The summed E-state index contributed by atoms with van der Waals surface area (Å²) in [6.07, 6.45) is 11.7. The maximum Gasteiger partial charge on any atom is 0.209 e. The van der Waals surface area contributed by atoms with Gasteiger partial charge in [0, 0.05) is 35.4 Å². The Bertz CT molecular complexity index is 1350. The van der Waals surface area contributed by atoms with Crippen molar-refractivity contribution in [3.05, 3.63) is 96.1 Å². The van der Waals surface area contributed by atoms with E-state index in [0.717, 1.165) is 6.54 Å². The Morgan fingerprint density at radius 2 is 1.66 bits per heavy atom. The van der Waals surface area contributed by atoms with E-state index in [-0.39, 0.29) is 10.8 Å². The third kappa shape index (κ3) is 3.75. The number of anilines is 1. The summed E-state index contributed by atoms with van der Waals surface area (Å²) < 4.78 is 2.34. The zero-order valence-electron chi connectivity index (χ0n) is 22.2. The van der Waals surface area contributed by atoms with Crippen LogP contribution in [0.2, 0.25) is 0 Å². The molecule has 3 aromatic rings. The van der Waals surface area contributed by atoms with Crippen molar-refractivity contribution in [2.45, 2.75) is 64.3 Å². The predicted molar refractivity (Wildman–Crippen MR) is 152 cm³/mol. The second-order valence-corrected chi connectivity index (χ2v) is 11.2. The van der Waals surface area contributed by atoms with Crippen LogP contribution in [-0.2, 0) is 10.8 Å². The van der Waals surface area contributed by atoms with Gasteiger partial charge in [0.2, 0.25) is 5.69 Å². The predicted octanol–water partition coefficient (Wildman–Crippen LogP) is 7.92. The maximum absolute atomic E-state index is 2.64. The second-order valence-electron chi connectivity index (χ2n) is 11.2. The summed E-state index contributed by atoms with van der Waals surface area (Å²) in [6, 6.07) is 22.6. The molecule has 2 heteroatoms. The van der Waals surface area contributed by atoms with E-state index in [0.29, 0.717) is 6.04 Å². The number of benzene rings is 3. The summed E-state index contributed by atoms with van der Waals surface area (Å²) in [4.78, 5) is 2.64. The standard InChI is InChI=1S/C33H39N2/c1-7-8-23-35-28-22-21-24-15-9-10-16-25(24)31(28)33(4,5)30(35)20-14-13-19-29-32(2,3)26-17-11-12-18-27(26)34(29)6/h9-22,30H,7-8,23H2,1-6H3/q+1/b19-13+,20-14+. The molecule has 0 bridgehead atoms. The number of para-hydroxylation sites is 1. The summed E-state index contributed by atoms with van der Waals surface area (Å²) in [7, 11) is 2.19. The first kappa shape index (κ1) is 23.6. The fourth-order valence-electron chi connectivity index (χ4n) is 6.41. The molecule has 0 aromatic heterocycles. The quantitative estimate of drug-likeness (QED) is 0.266. The smallest absolute Gasteiger partial charge is 0.209 e. The van der Waals surface area contributed by atoms with Gasteiger partial charge in [-0.05, 0) is 42.7 Å². The molecule has 0 N–H and O–H groups in total. The Morgan fingerprint density at radius 1 is 0.914 bits per heavy atom. The van der Waals surface area contributed by atoms with Gasteiger partial charge in [0.1, 0.15) is 7.05 Å². The van der Waals surface area contributed by atoms with Crippen molar-refractivity contribution in [2.75, 3.05) is 18.5 Å². The van der Waals surface area contributed by atoms with Gasteiger partial charge in [-0.2, -0.15) is 4.58 Å². The Morgan fingerprint density at radius 3 is 2.43 bits per heavy atom. The molecule has 2 heterocycles. The minimum absolute atomic E-state index is 0.00459. The monoisotopic (exact) mass is 463 g/mol. The molecule has 180 valence electrons. The molecule has 0 amide bonds. The molecule has 0 saturated heterocycles. The summed E-state index contributed by atoms with van der Waals surface area (Å²) in [5, 5.41) is 2.73. The number of fused-ring (bicyclic) bond motifs is 4. The van der Waals surface area contributed by atoms with Gasteiger partial charge < -0.3 is 4.90 Å². The molecule has 0 aliphatic carbocycles. The Hall–Kier alpha value is -3.13. The third-order valence-electron chi connectivity index (χ3n) is 8.29. The molecular weight excluding hydrogens is 424 g/mol. The number of hydrogen-bond donors (Lipinski definition) is 0. The fourth-order valence-corrected chi connectivity index (χ4v) is 6.41. The largest absolute Gasteiger partial charge is 0.364 e. The van der Waals surface area contributed by atoms with Gasteiger partial charge >= 0.3 is 0 Å². The second kappa shape index (κ2) is 8.82. The van der Waals surface area contributed by atoms with E-state index in [4.69, 9.17) is 0 Å². The van der Waals surface area contributed by atoms with Crippen molar-refractivity contribution in [1.29, 1.82) is 0 Å². The first-order valence-electron chi connectivity index (χ1n) is 13.1. The Balaban J connectivity index is 1.48.